The van der Waals surface area contributed by atoms with Gasteiger partial charge in [0.15, 0.2) is 0 Å². The molecule has 2 aromatic rings. The van der Waals surface area contributed by atoms with E-state index >= 15 is 0 Å². The third-order valence-electron chi connectivity index (χ3n) is 5.01. The number of ether oxygens (including phenoxy) is 1. The molecule has 0 spiro atoms. The number of primary amides is 1. The van der Waals surface area contributed by atoms with Crippen LogP contribution in [-0.2, 0) is 16.0 Å². The monoisotopic (exact) mass is 426 g/mol. The summed E-state index contributed by atoms with van der Waals surface area (Å²) in [6.07, 6.45) is 2.63. The minimum atomic E-state index is -1.76. The van der Waals surface area contributed by atoms with Crippen LogP contribution in [0.5, 0.6) is 0 Å². The number of hydrogen-bond acceptors (Lipinski definition) is 6. The normalized spacial score (nSPS) is 18.1. The first-order valence-corrected chi connectivity index (χ1v) is 9.71. The lowest BCUT2D eigenvalue weighted by Gasteiger charge is -2.13. The van der Waals surface area contributed by atoms with Crippen LogP contribution in [0.1, 0.15) is 34.6 Å². The maximum Gasteiger partial charge on any atom is 0.269 e. The maximum absolute atomic E-state index is 14.5. The lowest BCUT2D eigenvalue weighted by Crippen LogP contribution is -2.37. The van der Waals surface area contributed by atoms with Crippen molar-refractivity contribution in [2.45, 2.75) is 24.9 Å². The Balaban J connectivity index is 1.94. The minimum Gasteiger partial charge on any atom is -0.385 e. The van der Waals surface area contributed by atoms with Crippen LogP contribution in [0.15, 0.2) is 24.4 Å². The van der Waals surface area contributed by atoms with Crippen molar-refractivity contribution in [2.24, 2.45) is 5.73 Å². The maximum atomic E-state index is 14.5. The molecule has 9 heteroatoms. The number of likely N-dealkylation sites (tertiary alicyclic amines) is 1. The Hall–Kier alpha value is -3.35. The van der Waals surface area contributed by atoms with Crippen molar-refractivity contribution in [1.82, 2.24) is 14.9 Å². The van der Waals surface area contributed by atoms with Gasteiger partial charge in [-0.3, -0.25) is 14.6 Å². The standard InChI is InChI=1S/C22H23FN4O4/c1-27-10-9-22(30,21(27)29)8-7-14-5-6-16(23)15(12-14)18-13-25-17(4-3-11-31-2)19(26-18)20(24)28/h5-6,12-13,30H,3-4,9-11H2,1-2H3,(H2,24,28)/t22-/m0/s1. The highest BCUT2D eigenvalue weighted by Gasteiger charge is 2.42. The summed E-state index contributed by atoms with van der Waals surface area (Å²) < 4.78 is 19.5. The quantitative estimate of drug-likeness (QED) is 0.524. The van der Waals surface area contributed by atoms with E-state index in [-0.39, 0.29) is 23.4 Å². The molecule has 1 aliphatic rings. The summed E-state index contributed by atoms with van der Waals surface area (Å²) in [5.74, 6) is 3.51. The van der Waals surface area contributed by atoms with E-state index in [1.54, 1.807) is 14.2 Å². The van der Waals surface area contributed by atoms with Gasteiger partial charge in [-0.25, -0.2) is 9.37 Å². The van der Waals surface area contributed by atoms with Crippen molar-refractivity contribution < 1.29 is 23.8 Å². The Morgan fingerprint density at radius 3 is 2.87 bits per heavy atom. The number of aromatic nitrogens is 2. The van der Waals surface area contributed by atoms with Crippen molar-refractivity contribution in [1.29, 1.82) is 0 Å². The first-order chi connectivity index (χ1) is 14.7. The van der Waals surface area contributed by atoms with Gasteiger partial charge >= 0.3 is 0 Å². The lowest BCUT2D eigenvalue weighted by atomic mass is 10.0. The molecule has 0 radical (unpaired) electrons. The number of aryl methyl sites for hydroxylation is 1. The molecule has 3 N–H and O–H groups in total. The summed E-state index contributed by atoms with van der Waals surface area (Å²) in [6, 6.07) is 4.05. The summed E-state index contributed by atoms with van der Waals surface area (Å²) in [7, 11) is 3.16. The molecule has 2 heterocycles. The summed E-state index contributed by atoms with van der Waals surface area (Å²) in [4.78, 5) is 33.8. The van der Waals surface area contributed by atoms with Gasteiger partial charge in [0.2, 0.25) is 5.60 Å². The van der Waals surface area contributed by atoms with Crippen LogP contribution < -0.4 is 5.73 Å². The van der Waals surface area contributed by atoms with E-state index in [0.717, 1.165) is 0 Å². The minimum absolute atomic E-state index is 0.0293. The van der Waals surface area contributed by atoms with Gasteiger partial charge in [-0.05, 0) is 31.0 Å². The number of carbonyl (C=O) groups excluding carboxylic acids is 2. The van der Waals surface area contributed by atoms with Gasteiger partial charge in [-0.1, -0.05) is 11.8 Å². The molecule has 0 aliphatic carbocycles. The van der Waals surface area contributed by atoms with E-state index in [1.807, 2.05) is 0 Å². The first kappa shape index (κ1) is 22.3. The van der Waals surface area contributed by atoms with Gasteiger partial charge in [0.1, 0.15) is 11.5 Å². The Labute approximate surface area is 179 Å². The number of hydrogen-bond donors (Lipinski definition) is 2. The molecule has 1 atom stereocenters. The van der Waals surface area contributed by atoms with Crippen LogP contribution in [0.4, 0.5) is 4.39 Å². The number of nitrogens with zero attached hydrogens (tertiary/aromatic N) is 3. The Bertz CT molecular complexity index is 1080. The van der Waals surface area contributed by atoms with Crippen LogP contribution >= 0.6 is 0 Å². The highest BCUT2D eigenvalue weighted by Crippen LogP contribution is 2.24. The number of rotatable bonds is 6. The first-order valence-electron chi connectivity index (χ1n) is 9.71. The fraction of sp³-hybridized carbons (Fsp3) is 0.364. The molecule has 0 saturated carbocycles. The zero-order valence-corrected chi connectivity index (χ0v) is 17.3. The molecule has 31 heavy (non-hydrogen) atoms. The molecule has 0 unspecified atom stereocenters. The van der Waals surface area contributed by atoms with Crippen molar-refractivity contribution in [3.8, 4) is 23.1 Å². The number of carbonyl (C=O) groups is 2. The zero-order chi connectivity index (χ0) is 22.6. The summed E-state index contributed by atoms with van der Waals surface area (Å²) in [5, 5.41) is 10.4. The number of aliphatic hydroxyl groups is 1. The fourth-order valence-corrected chi connectivity index (χ4v) is 3.25. The van der Waals surface area contributed by atoms with E-state index in [1.165, 1.54) is 29.3 Å². The van der Waals surface area contributed by atoms with E-state index < -0.39 is 23.2 Å². The molecule has 1 saturated heterocycles. The average Bonchev–Trinajstić information content (AvgIpc) is 3.01. The SMILES string of the molecule is COCCCc1ncc(-c2cc(C#C[C@]3(O)CCN(C)C3=O)ccc2F)nc1C(N)=O. The molecule has 1 aromatic carbocycles. The number of halogens is 1. The zero-order valence-electron chi connectivity index (χ0n) is 17.3. The number of amides is 2. The number of likely N-dealkylation sites (N-methyl/N-ethyl adjacent to an activating group) is 1. The fourth-order valence-electron chi connectivity index (χ4n) is 3.25. The van der Waals surface area contributed by atoms with Gasteiger partial charge in [0.05, 0.1) is 17.6 Å². The molecule has 162 valence electrons. The molecular formula is C22H23FN4O4. The van der Waals surface area contributed by atoms with Crippen molar-refractivity contribution >= 4 is 11.8 Å². The van der Waals surface area contributed by atoms with Crippen LogP contribution in [0.25, 0.3) is 11.3 Å². The van der Waals surface area contributed by atoms with Crippen LogP contribution in [0.2, 0.25) is 0 Å². The predicted molar refractivity (Wildman–Crippen MR) is 110 cm³/mol. The largest absolute Gasteiger partial charge is 0.385 e. The number of methoxy groups -OCH3 is 1. The molecule has 0 bridgehead atoms. The highest BCUT2D eigenvalue weighted by molar-refractivity contribution is 5.92. The molecule has 1 fully saturated rings. The second-order valence-corrected chi connectivity index (χ2v) is 7.29. The Morgan fingerprint density at radius 1 is 1.45 bits per heavy atom. The van der Waals surface area contributed by atoms with Crippen LogP contribution in [-0.4, -0.2) is 64.7 Å². The number of nitrogens with two attached hydrogens (primary N) is 1. The average molecular weight is 426 g/mol. The Morgan fingerprint density at radius 2 is 2.23 bits per heavy atom. The summed E-state index contributed by atoms with van der Waals surface area (Å²) in [6.45, 7) is 0.891. The van der Waals surface area contributed by atoms with Crippen molar-refractivity contribution in [3.05, 3.63) is 47.2 Å². The molecule has 3 rings (SSSR count). The third-order valence-corrected chi connectivity index (χ3v) is 5.01. The molecular weight excluding hydrogens is 403 g/mol. The predicted octanol–water partition coefficient (Wildman–Crippen LogP) is 0.905. The van der Waals surface area contributed by atoms with E-state index in [9.17, 15) is 19.1 Å². The van der Waals surface area contributed by atoms with Crippen LogP contribution in [0, 0.1) is 17.7 Å². The highest BCUT2D eigenvalue weighted by atomic mass is 19.1. The second-order valence-electron chi connectivity index (χ2n) is 7.29. The van der Waals surface area contributed by atoms with Crippen molar-refractivity contribution in [3.63, 3.8) is 0 Å². The van der Waals surface area contributed by atoms with Gasteiger partial charge in [0, 0.05) is 44.9 Å². The van der Waals surface area contributed by atoms with Crippen LogP contribution in [0.3, 0.4) is 0 Å². The van der Waals surface area contributed by atoms with Crippen molar-refractivity contribution in [2.75, 3.05) is 27.3 Å². The third kappa shape index (κ3) is 4.87. The van der Waals surface area contributed by atoms with Gasteiger partial charge in [-0.15, -0.1) is 0 Å². The molecule has 1 aliphatic heterocycles. The lowest BCUT2D eigenvalue weighted by molar-refractivity contribution is -0.137. The Kier molecular flexibility index (Phi) is 6.63. The second kappa shape index (κ2) is 9.20. The van der Waals surface area contributed by atoms with Gasteiger partial charge in [-0.2, -0.15) is 0 Å². The molecule has 8 nitrogen and oxygen atoms in total. The van der Waals surface area contributed by atoms with E-state index in [0.29, 0.717) is 37.3 Å². The summed E-state index contributed by atoms with van der Waals surface area (Å²) >= 11 is 0. The topological polar surface area (TPSA) is 119 Å². The summed E-state index contributed by atoms with van der Waals surface area (Å²) in [5.41, 5.74) is 4.64. The van der Waals surface area contributed by atoms with Gasteiger partial charge in [0.25, 0.3) is 11.8 Å². The number of benzene rings is 1. The van der Waals surface area contributed by atoms with Gasteiger partial charge < -0.3 is 20.5 Å². The smallest absolute Gasteiger partial charge is 0.269 e. The molecule has 2 amide bonds. The molecule has 1 aromatic heterocycles. The van der Waals surface area contributed by atoms with E-state index in [4.69, 9.17) is 10.5 Å². The van der Waals surface area contributed by atoms with E-state index in [2.05, 4.69) is 21.8 Å².